The molecule has 6 heteroatoms. The number of halogens is 3. The predicted octanol–water partition coefficient (Wildman–Crippen LogP) is 4.24. The molecular formula is C7H4BrClIN2P. The first-order valence-corrected chi connectivity index (χ1v) is 8.65. The summed E-state index contributed by atoms with van der Waals surface area (Å²) in [5, 5.41) is 6.09. The first kappa shape index (κ1) is 10.1. The molecule has 0 amide bonds. The Bertz CT molecular complexity index is 459. The average molecular weight is 389 g/mol. The van der Waals surface area contributed by atoms with Crippen molar-refractivity contribution in [2.24, 2.45) is 0 Å². The van der Waals surface area contributed by atoms with Crippen LogP contribution in [-0.2, 0) is 0 Å². The van der Waals surface area contributed by atoms with Crippen molar-refractivity contribution in [1.29, 1.82) is 0 Å². The van der Waals surface area contributed by atoms with Gasteiger partial charge >= 0.3 is 0 Å². The molecule has 0 saturated carbocycles. The maximum absolute atomic E-state index is 5.94. The minimum atomic E-state index is 0.597. The van der Waals surface area contributed by atoms with Crippen LogP contribution in [-0.4, -0.2) is 9.55 Å². The third-order valence-electron chi connectivity index (χ3n) is 1.68. The summed E-state index contributed by atoms with van der Waals surface area (Å²) in [5.41, 5.74) is 1.08. The number of nitrogens with zero attached hydrogens (tertiary/aromatic N) is 2. The van der Waals surface area contributed by atoms with Gasteiger partial charge in [0.1, 0.15) is 0 Å². The Morgan fingerprint density at radius 3 is 3.00 bits per heavy atom. The molecule has 2 aromatic rings. The fourth-order valence-electron chi connectivity index (χ4n) is 1.12. The third-order valence-corrected chi connectivity index (χ3v) is 4.44. The molecule has 0 bridgehead atoms. The van der Waals surface area contributed by atoms with Crippen molar-refractivity contribution in [2.75, 3.05) is 0 Å². The Morgan fingerprint density at radius 1 is 1.54 bits per heavy atom. The molecule has 0 radical (unpaired) electrons. The normalized spacial score (nSPS) is 11.9. The van der Waals surface area contributed by atoms with Gasteiger partial charge < -0.3 is 0 Å². The Balaban J connectivity index is 2.82. The van der Waals surface area contributed by atoms with E-state index >= 15 is 0 Å². The summed E-state index contributed by atoms with van der Waals surface area (Å²) in [5.74, 6) is 0. The lowest BCUT2D eigenvalue weighted by Gasteiger charge is -1.98. The van der Waals surface area contributed by atoms with E-state index in [1.807, 2.05) is 22.8 Å². The van der Waals surface area contributed by atoms with Crippen LogP contribution in [0.2, 0.25) is 5.02 Å². The van der Waals surface area contributed by atoms with E-state index in [9.17, 15) is 0 Å². The molecule has 2 nitrogen and oxygen atoms in total. The van der Waals surface area contributed by atoms with E-state index in [0.717, 1.165) is 20.4 Å². The van der Waals surface area contributed by atoms with E-state index in [0.29, 0.717) is 6.37 Å². The topological polar surface area (TPSA) is 17.8 Å². The summed E-state index contributed by atoms with van der Waals surface area (Å²) in [6, 6.07) is 3.81. The monoisotopic (exact) mass is 388 g/mol. The second kappa shape index (κ2) is 4.01. The molecule has 0 aliphatic carbocycles. The van der Waals surface area contributed by atoms with Crippen molar-refractivity contribution < 1.29 is 0 Å². The van der Waals surface area contributed by atoms with Crippen LogP contribution in [0.25, 0.3) is 10.9 Å². The van der Waals surface area contributed by atoms with Crippen LogP contribution in [0, 0.1) is 0 Å². The average Bonchev–Trinajstić information content (AvgIpc) is 2.47. The Hall–Kier alpha value is 0.620. The first-order chi connectivity index (χ1) is 6.22. The molecule has 0 aliphatic rings. The van der Waals surface area contributed by atoms with E-state index in [4.69, 9.17) is 11.6 Å². The molecule has 2 rings (SSSR count). The van der Waals surface area contributed by atoms with Crippen molar-refractivity contribution in [3.8, 4) is 0 Å². The van der Waals surface area contributed by atoms with Gasteiger partial charge in [-0.25, -0.2) is 4.45 Å². The highest BCUT2D eigenvalue weighted by Crippen LogP contribution is 2.33. The lowest BCUT2D eigenvalue weighted by molar-refractivity contribution is 1.04. The van der Waals surface area contributed by atoms with Crippen LogP contribution in [0.5, 0.6) is 0 Å². The van der Waals surface area contributed by atoms with E-state index < -0.39 is 0 Å². The van der Waals surface area contributed by atoms with E-state index in [1.54, 1.807) is 0 Å². The molecule has 1 atom stereocenters. The minimum absolute atomic E-state index is 0.597. The Morgan fingerprint density at radius 2 is 2.31 bits per heavy atom. The third kappa shape index (κ3) is 1.87. The van der Waals surface area contributed by atoms with Crippen molar-refractivity contribution in [2.45, 2.75) is 0 Å². The molecule has 1 heterocycles. The van der Waals surface area contributed by atoms with Gasteiger partial charge in [0, 0.05) is 14.9 Å². The largest absolute Gasteiger partial charge is 0.237 e. The maximum Gasteiger partial charge on any atom is 0.0755 e. The van der Waals surface area contributed by atoms with Crippen LogP contribution >= 0.6 is 55.9 Å². The number of aromatic nitrogens is 2. The summed E-state index contributed by atoms with van der Waals surface area (Å²) in [4.78, 5) is 0. The summed E-state index contributed by atoms with van der Waals surface area (Å²) in [6.07, 6.45) is 2.45. The molecule has 68 valence electrons. The highest BCUT2D eigenvalue weighted by Gasteiger charge is 2.06. The van der Waals surface area contributed by atoms with Crippen molar-refractivity contribution >= 4 is 66.8 Å². The molecule has 0 spiro atoms. The van der Waals surface area contributed by atoms with Crippen molar-refractivity contribution in [3.05, 3.63) is 27.8 Å². The molecule has 0 saturated heterocycles. The maximum atomic E-state index is 5.94. The van der Waals surface area contributed by atoms with Gasteiger partial charge in [-0.1, -0.05) is 11.6 Å². The molecule has 0 N–H and O–H groups in total. The first-order valence-electron chi connectivity index (χ1n) is 3.42. The fraction of sp³-hybridized carbons (Fsp3) is 0. The van der Waals surface area contributed by atoms with Gasteiger partial charge in [0.05, 0.1) is 18.1 Å². The molecule has 1 aromatic carbocycles. The van der Waals surface area contributed by atoms with Crippen LogP contribution in [0.1, 0.15) is 0 Å². The number of fused-ring (bicyclic) bond motifs is 1. The van der Waals surface area contributed by atoms with E-state index in [-0.39, 0.29) is 0 Å². The summed E-state index contributed by atoms with van der Waals surface area (Å²) in [6.45, 7) is 0. The van der Waals surface area contributed by atoms with Gasteiger partial charge in [-0.15, -0.1) is 0 Å². The second-order valence-corrected chi connectivity index (χ2v) is 5.79. The van der Waals surface area contributed by atoms with Crippen molar-refractivity contribution in [1.82, 2.24) is 9.55 Å². The number of hydrogen-bond donors (Lipinski definition) is 0. The summed E-state index contributed by atoms with van der Waals surface area (Å²) in [7, 11) is 0. The Kier molecular flexibility index (Phi) is 3.13. The molecule has 1 unspecified atom stereocenters. The van der Waals surface area contributed by atoms with Crippen LogP contribution in [0.15, 0.2) is 22.8 Å². The van der Waals surface area contributed by atoms with Gasteiger partial charge in [-0.05, 0) is 50.1 Å². The van der Waals surface area contributed by atoms with Crippen LogP contribution in [0.4, 0.5) is 0 Å². The highest BCUT2D eigenvalue weighted by atomic mass is 127. The lowest BCUT2D eigenvalue weighted by atomic mass is 10.3. The SMILES string of the molecule is Clc1cc(Br)c2cnn(PI)c2c1. The second-order valence-electron chi connectivity index (χ2n) is 2.46. The lowest BCUT2D eigenvalue weighted by Crippen LogP contribution is -1.81. The molecule has 13 heavy (non-hydrogen) atoms. The number of rotatable bonds is 1. The summed E-state index contributed by atoms with van der Waals surface area (Å²) < 4.78 is 2.93. The van der Waals surface area contributed by atoms with Gasteiger partial charge in [0.25, 0.3) is 0 Å². The van der Waals surface area contributed by atoms with Gasteiger partial charge in [-0.2, -0.15) is 5.10 Å². The number of benzene rings is 1. The zero-order valence-electron chi connectivity index (χ0n) is 6.26. The highest BCUT2D eigenvalue weighted by molar-refractivity contribution is 14.2. The minimum Gasteiger partial charge on any atom is -0.237 e. The van der Waals surface area contributed by atoms with Crippen molar-refractivity contribution in [3.63, 3.8) is 0 Å². The fourth-order valence-corrected chi connectivity index (χ4v) is 3.55. The Labute approximate surface area is 103 Å². The number of hydrogen-bond acceptors (Lipinski definition) is 1. The van der Waals surface area contributed by atoms with Crippen LogP contribution in [0.3, 0.4) is 0 Å². The quantitative estimate of drug-likeness (QED) is 0.527. The molecular weight excluding hydrogens is 385 g/mol. The zero-order valence-corrected chi connectivity index (χ0v) is 11.8. The van der Waals surface area contributed by atoms with Gasteiger partial charge in [-0.3, -0.25) is 0 Å². The zero-order chi connectivity index (χ0) is 9.42. The predicted molar refractivity (Wildman–Crippen MR) is 70.2 cm³/mol. The smallest absolute Gasteiger partial charge is 0.0755 e. The molecule has 1 aromatic heterocycles. The van der Waals surface area contributed by atoms with Gasteiger partial charge in [0.2, 0.25) is 0 Å². The van der Waals surface area contributed by atoms with Gasteiger partial charge in [0.15, 0.2) is 0 Å². The summed E-state index contributed by atoms with van der Waals surface area (Å²) >= 11 is 11.7. The van der Waals surface area contributed by atoms with E-state index in [1.165, 1.54) is 0 Å². The van der Waals surface area contributed by atoms with Crippen LogP contribution < -0.4 is 0 Å². The van der Waals surface area contributed by atoms with E-state index in [2.05, 4.69) is 43.1 Å². The standard InChI is InChI=1S/C7H4BrClIN2P/c8-6-1-4(9)2-7-5(6)3-11-12(7)13-10/h1-3,13H. The molecule has 0 aliphatic heterocycles. The molecule has 0 fully saturated rings.